The van der Waals surface area contributed by atoms with Crippen LogP contribution < -0.4 is 0 Å². The van der Waals surface area contributed by atoms with E-state index >= 15 is 0 Å². The summed E-state index contributed by atoms with van der Waals surface area (Å²) in [6, 6.07) is 9.93. The molecule has 6 atom stereocenters. The lowest BCUT2D eigenvalue weighted by atomic mass is 9.81. The topological polar surface area (TPSA) is 57.5 Å². The second-order valence-corrected chi connectivity index (χ2v) is 6.37. The van der Waals surface area contributed by atoms with E-state index in [0.717, 1.165) is 12.0 Å². The summed E-state index contributed by atoms with van der Waals surface area (Å²) in [4.78, 5) is 12.8. The molecule has 0 radical (unpaired) electrons. The van der Waals surface area contributed by atoms with Gasteiger partial charge in [-0.15, -0.1) is 0 Å². The van der Waals surface area contributed by atoms with E-state index in [-0.39, 0.29) is 54.5 Å². The predicted molar refractivity (Wildman–Crippen MR) is 76.1 cm³/mol. The number of rotatable bonds is 3. The fraction of sp³-hybridized carbons (Fsp3) is 0.588. The van der Waals surface area contributed by atoms with Gasteiger partial charge in [-0.3, -0.25) is 4.79 Å². The molecule has 108 valence electrons. The SMILES string of the molecule is C[C@@H]1[C@H]2[C@H](CO)C[C@H](CO)[C@H]2C(=O)[C@H]1c1ccccc1. The third-order valence-corrected chi connectivity index (χ3v) is 5.47. The molecule has 20 heavy (non-hydrogen) atoms. The Morgan fingerprint density at radius 3 is 2.35 bits per heavy atom. The van der Waals surface area contributed by atoms with Crippen molar-refractivity contribution in [3.63, 3.8) is 0 Å². The lowest BCUT2D eigenvalue weighted by Gasteiger charge is -2.23. The van der Waals surface area contributed by atoms with Crippen molar-refractivity contribution >= 4 is 5.78 Å². The van der Waals surface area contributed by atoms with Crippen molar-refractivity contribution in [3.05, 3.63) is 35.9 Å². The van der Waals surface area contributed by atoms with Gasteiger partial charge in [-0.25, -0.2) is 0 Å². The smallest absolute Gasteiger partial charge is 0.144 e. The van der Waals surface area contributed by atoms with Crippen LogP contribution in [0.3, 0.4) is 0 Å². The van der Waals surface area contributed by atoms with E-state index in [0.29, 0.717) is 0 Å². The molecular formula is C17H22O3. The molecule has 0 aliphatic heterocycles. The zero-order valence-corrected chi connectivity index (χ0v) is 11.8. The van der Waals surface area contributed by atoms with Gasteiger partial charge >= 0.3 is 0 Å². The Kier molecular flexibility index (Phi) is 3.65. The first-order valence-corrected chi connectivity index (χ1v) is 7.49. The molecule has 0 unspecified atom stereocenters. The van der Waals surface area contributed by atoms with Gasteiger partial charge in [0.2, 0.25) is 0 Å². The quantitative estimate of drug-likeness (QED) is 0.884. The Labute approximate surface area is 119 Å². The average molecular weight is 274 g/mol. The predicted octanol–water partition coefficient (Wildman–Crippen LogP) is 1.84. The highest BCUT2D eigenvalue weighted by molar-refractivity contribution is 5.91. The van der Waals surface area contributed by atoms with Crippen molar-refractivity contribution in [2.24, 2.45) is 29.6 Å². The summed E-state index contributed by atoms with van der Waals surface area (Å²) in [6.45, 7) is 2.30. The zero-order valence-electron chi connectivity index (χ0n) is 11.8. The van der Waals surface area contributed by atoms with Crippen LogP contribution in [0.2, 0.25) is 0 Å². The van der Waals surface area contributed by atoms with Gasteiger partial charge in [-0.2, -0.15) is 0 Å². The average Bonchev–Trinajstić information content (AvgIpc) is 2.97. The van der Waals surface area contributed by atoms with Crippen LogP contribution in [0.5, 0.6) is 0 Å². The van der Waals surface area contributed by atoms with Crippen LogP contribution in [0.25, 0.3) is 0 Å². The van der Waals surface area contributed by atoms with Crippen LogP contribution in [-0.2, 0) is 4.79 Å². The molecule has 2 N–H and O–H groups in total. The van der Waals surface area contributed by atoms with Crippen molar-refractivity contribution in [1.82, 2.24) is 0 Å². The van der Waals surface area contributed by atoms with Crippen molar-refractivity contribution < 1.29 is 15.0 Å². The fourth-order valence-electron chi connectivity index (χ4n) is 4.68. The van der Waals surface area contributed by atoms with Crippen LogP contribution in [-0.4, -0.2) is 29.2 Å². The molecule has 3 nitrogen and oxygen atoms in total. The molecule has 0 bridgehead atoms. The molecule has 2 aliphatic rings. The van der Waals surface area contributed by atoms with E-state index in [2.05, 4.69) is 6.92 Å². The molecule has 0 spiro atoms. The molecule has 0 saturated heterocycles. The summed E-state index contributed by atoms with van der Waals surface area (Å²) < 4.78 is 0. The minimum absolute atomic E-state index is 0.0285. The number of hydrogen-bond acceptors (Lipinski definition) is 3. The van der Waals surface area contributed by atoms with Crippen LogP contribution >= 0.6 is 0 Å². The Balaban J connectivity index is 1.96. The van der Waals surface area contributed by atoms with Crippen molar-refractivity contribution in [3.8, 4) is 0 Å². The van der Waals surface area contributed by atoms with Crippen molar-refractivity contribution in [2.75, 3.05) is 13.2 Å². The van der Waals surface area contributed by atoms with Crippen LogP contribution in [0.15, 0.2) is 30.3 Å². The van der Waals surface area contributed by atoms with E-state index in [1.165, 1.54) is 0 Å². The number of aliphatic hydroxyl groups is 2. The lowest BCUT2D eigenvalue weighted by molar-refractivity contribution is -0.123. The first-order valence-electron chi connectivity index (χ1n) is 7.49. The number of carbonyl (C=O) groups is 1. The Morgan fingerprint density at radius 1 is 1.10 bits per heavy atom. The largest absolute Gasteiger partial charge is 0.396 e. The highest BCUT2D eigenvalue weighted by atomic mass is 16.3. The maximum atomic E-state index is 12.8. The Hall–Kier alpha value is -1.19. The zero-order chi connectivity index (χ0) is 14.3. The molecule has 2 saturated carbocycles. The van der Waals surface area contributed by atoms with E-state index in [1.807, 2.05) is 30.3 Å². The minimum Gasteiger partial charge on any atom is -0.396 e. The summed E-state index contributed by atoms with van der Waals surface area (Å²) in [5, 5.41) is 19.1. The van der Waals surface area contributed by atoms with Gasteiger partial charge < -0.3 is 10.2 Å². The molecule has 1 aromatic rings. The second-order valence-electron chi connectivity index (χ2n) is 6.37. The molecule has 2 aliphatic carbocycles. The summed E-state index contributed by atoms with van der Waals surface area (Å²) in [7, 11) is 0. The van der Waals surface area contributed by atoms with E-state index < -0.39 is 0 Å². The van der Waals surface area contributed by atoms with Gasteiger partial charge in [-0.05, 0) is 35.7 Å². The normalized spacial score (nSPS) is 40.0. The number of ketones is 1. The monoisotopic (exact) mass is 274 g/mol. The van der Waals surface area contributed by atoms with Gasteiger partial charge in [0.25, 0.3) is 0 Å². The van der Waals surface area contributed by atoms with E-state index in [9.17, 15) is 15.0 Å². The maximum Gasteiger partial charge on any atom is 0.144 e. The summed E-state index contributed by atoms with van der Waals surface area (Å²) in [6.07, 6.45) is 0.778. The lowest BCUT2D eigenvalue weighted by Crippen LogP contribution is -2.22. The second kappa shape index (κ2) is 5.30. The van der Waals surface area contributed by atoms with Crippen LogP contribution in [0, 0.1) is 29.6 Å². The minimum atomic E-state index is -0.0744. The van der Waals surface area contributed by atoms with Crippen molar-refractivity contribution in [2.45, 2.75) is 19.3 Å². The van der Waals surface area contributed by atoms with Crippen LogP contribution in [0.4, 0.5) is 0 Å². The first-order chi connectivity index (χ1) is 9.69. The number of benzene rings is 1. The molecule has 3 rings (SSSR count). The number of hydrogen-bond donors (Lipinski definition) is 2. The third-order valence-electron chi connectivity index (χ3n) is 5.47. The Bertz CT molecular complexity index is 484. The summed E-state index contributed by atoms with van der Waals surface area (Å²) in [5.74, 6) is 0.764. The fourth-order valence-corrected chi connectivity index (χ4v) is 4.68. The maximum absolute atomic E-state index is 12.8. The molecule has 2 fully saturated rings. The van der Waals surface area contributed by atoms with E-state index in [1.54, 1.807) is 0 Å². The molecule has 0 aromatic heterocycles. The van der Waals surface area contributed by atoms with Gasteiger partial charge in [0.15, 0.2) is 0 Å². The molecule has 1 aromatic carbocycles. The Morgan fingerprint density at radius 2 is 1.75 bits per heavy atom. The number of aliphatic hydroxyl groups excluding tert-OH is 2. The van der Waals surface area contributed by atoms with Gasteiger partial charge in [0.1, 0.15) is 5.78 Å². The van der Waals surface area contributed by atoms with Gasteiger partial charge in [0.05, 0.1) is 0 Å². The highest BCUT2D eigenvalue weighted by Gasteiger charge is 2.57. The van der Waals surface area contributed by atoms with Gasteiger partial charge in [0, 0.05) is 25.0 Å². The molecular weight excluding hydrogens is 252 g/mol. The third kappa shape index (κ3) is 1.92. The van der Waals surface area contributed by atoms with Gasteiger partial charge in [-0.1, -0.05) is 37.3 Å². The molecule has 3 heteroatoms. The van der Waals surface area contributed by atoms with E-state index in [4.69, 9.17) is 0 Å². The molecule has 0 amide bonds. The summed E-state index contributed by atoms with van der Waals surface area (Å²) in [5.41, 5.74) is 1.08. The molecule has 0 heterocycles. The number of fused-ring (bicyclic) bond motifs is 1. The van der Waals surface area contributed by atoms with Crippen LogP contribution in [0.1, 0.15) is 24.8 Å². The number of Topliss-reactive ketones (excluding diaryl/α,β-unsaturated/α-hetero) is 1. The standard InChI is InChI=1S/C17H22O3/c1-10-14-12(8-18)7-13(9-19)16(14)17(20)15(10)11-5-3-2-4-6-11/h2-6,10,12-16,18-19H,7-9H2,1H3/t10-,12+,13-,14+,15-,16-/m1/s1. The number of carbonyl (C=O) groups excluding carboxylic acids is 1. The highest BCUT2D eigenvalue weighted by Crippen LogP contribution is 2.56. The van der Waals surface area contributed by atoms with Crippen molar-refractivity contribution in [1.29, 1.82) is 0 Å². The first kappa shape index (κ1) is 13.8. The summed E-state index contributed by atoms with van der Waals surface area (Å²) >= 11 is 0.